The normalized spacial score (nSPS) is 10.5. The van der Waals surface area contributed by atoms with E-state index in [4.69, 9.17) is 4.42 Å². The predicted octanol–water partition coefficient (Wildman–Crippen LogP) is 2.92. The van der Waals surface area contributed by atoms with Crippen molar-refractivity contribution >= 4 is 34.1 Å². The Morgan fingerprint density at radius 1 is 1.33 bits per heavy atom. The standard InChI is InChI=1S/C13H10N4O2S2/c18-11(15-13-14-5-7-20-13)8-21-12-4-3-9(16-17-12)10-2-1-6-19-10/h1-7H,8H2,(H,14,15,18). The summed E-state index contributed by atoms with van der Waals surface area (Å²) < 4.78 is 5.24. The topological polar surface area (TPSA) is 80.9 Å². The summed E-state index contributed by atoms with van der Waals surface area (Å²) >= 11 is 2.70. The monoisotopic (exact) mass is 318 g/mol. The number of rotatable bonds is 5. The van der Waals surface area contributed by atoms with Crippen LogP contribution in [0.25, 0.3) is 11.5 Å². The van der Waals surface area contributed by atoms with Crippen molar-refractivity contribution in [1.29, 1.82) is 0 Å². The highest BCUT2D eigenvalue weighted by Crippen LogP contribution is 2.20. The number of nitrogens with zero attached hydrogens (tertiary/aromatic N) is 3. The second kappa shape index (κ2) is 6.51. The van der Waals surface area contributed by atoms with Crippen LogP contribution in [0.1, 0.15) is 0 Å². The van der Waals surface area contributed by atoms with Gasteiger partial charge in [-0.2, -0.15) is 0 Å². The first-order chi connectivity index (χ1) is 10.3. The molecule has 0 saturated heterocycles. The zero-order valence-electron chi connectivity index (χ0n) is 10.7. The molecule has 8 heteroatoms. The third-order valence-electron chi connectivity index (χ3n) is 2.44. The van der Waals surface area contributed by atoms with Crippen molar-refractivity contribution in [1.82, 2.24) is 15.2 Å². The number of furan rings is 1. The summed E-state index contributed by atoms with van der Waals surface area (Å²) in [6, 6.07) is 7.24. The fraction of sp³-hybridized carbons (Fsp3) is 0.0769. The molecule has 3 heterocycles. The van der Waals surface area contributed by atoms with E-state index in [2.05, 4.69) is 20.5 Å². The van der Waals surface area contributed by atoms with Crippen LogP contribution in [0.5, 0.6) is 0 Å². The zero-order valence-corrected chi connectivity index (χ0v) is 12.4. The molecule has 0 radical (unpaired) electrons. The second-order valence-electron chi connectivity index (χ2n) is 3.91. The number of hydrogen-bond donors (Lipinski definition) is 1. The summed E-state index contributed by atoms with van der Waals surface area (Å²) in [5, 5.41) is 13.9. The van der Waals surface area contributed by atoms with Crippen molar-refractivity contribution < 1.29 is 9.21 Å². The number of amides is 1. The third-order valence-corrected chi connectivity index (χ3v) is 4.05. The highest BCUT2D eigenvalue weighted by Gasteiger charge is 2.07. The van der Waals surface area contributed by atoms with Crippen LogP contribution in [0.3, 0.4) is 0 Å². The fourth-order valence-electron chi connectivity index (χ4n) is 1.53. The molecule has 21 heavy (non-hydrogen) atoms. The molecule has 0 aliphatic heterocycles. The van der Waals surface area contributed by atoms with Gasteiger partial charge in [-0.15, -0.1) is 21.5 Å². The van der Waals surface area contributed by atoms with E-state index >= 15 is 0 Å². The Labute approximate surface area is 128 Å². The van der Waals surface area contributed by atoms with Gasteiger partial charge in [-0.3, -0.25) is 4.79 Å². The lowest BCUT2D eigenvalue weighted by molar-refractivity contribution is -0.113. The van der Waals surface area contributed by atoms with Crippen LogP contribution in [0.15, 0.2) is 51.5 Å². The van der Waals surface area contributed by atoms with Gasteiger partial charge in [0, 0.05) is 11.6 Å². The molecule has 0 atom stereocenters. The molecular formula is C13H10N4O2S2. The lowest BCUT2D eigenvalue weighted by Gasteiger charge is -2.01. The molecule has 0 unspecified atom stereocenters. The first-order valence-corrected chi connectivity index (χ1v) is 7.87. The number of hydrogen-bond acceptors (Lipinski definition) is 7. The summed E-state index contributed by atoms with van der Waals surface area (Å²) in [5.74, 6) is 0.807. The first-order valence-electron chi connectivity index (χ1n) is 6.01. The highest BCUT2D eigenvalue weighted by molar-refractivity contribution is 7.99. The molecule has 0 aliphatic carbocycles. The van der Waals surface area contributed by atoms with E-state index in [1.54, 1.807) is 18.5 Å². The largest absolute Gasteiger partial charge is 0.463 e. The zero-order chi connectivity index (χ0) is 14.5. The van der Waals surface area contributed by atoms with Crippen LogP contribution >= 0.6 is 23.1 Å². The lowest BCUT2D eigenvalue weighted by Crippen LogP contribution is -2.13. The average Bonchev–Trinajstić information content (AvgIpc) is 3.19. The predicted molar refractivity (Wildman–Crippen MR) is 81.2 cm³/mol. The summed E-state index contributed by atoms with van der Waals surface area (Å²) in [6.45, 7) is 0. The second-order valence-corrected chi connectivity index (χ2v) is 5.80. The maximum Gasteiger partial charge on any atom is 0.236 e. The molecule has 0 spiro atoms. The maximum absolute atomic E-state index is 11.7. The molecule has 0 bridgehead atoms. The van der Waals surface area contributed by atoms with E-state index in [1.165, 1.54) is 23.1 Å². The Morgan fingerprint density at radius 2 is 2.29 bits per heavy atom. The third kappa shape index (κ3) is 3.67. The van der Waals surface area contributed by atoms with E-state index < -0.39 is 0 Å². The van der Waals surface area contributed by atoms with Crippen molar-refractivity contribution in [3.8, 4) is 11.5 Å². The molecule has 1 amide bonds. The van der Waals surface area contributed by atoms with E-state index in [-0.39, 0.29) is 11.7 Å². The Kier molecular flexibility index (Phi) is 4.27. The minimum absolute atomic E-state index is 0.119. The molecule has 1 N–H and O–H groups in total. The lowest BCUT2D eigenvalue weighted by atomic mass is 10.3. The number of carbonyl (C=O) groups excluding carboxylic acids is 1. The Balaban J connectivity index is 1.55. The summed E-state index contributed by atoms with van der Waals surface area (Å²) in [7, 11) is 0. The number of anilines is 1. The smallest absolute Gasteiger partial charge is 0.236 e. The summed E-state index contributed by atoms with van der Waals surface area (Å²) in [5.41, 5.74) is 0.664. The molecule has 0 fully saturated rings. The van der Waals surface area contributed by atoms with Gasteiger partial charge >= 0.3 is 0 Å². The number of thiazole rings is 1. The van der Waals surface area contributed by atoms with Gasteiger partial charge in [0.05, 0.1) is 12.0 Å². The quantitative estimate of drug-likeness (QED) is 0.729. The van der Waals surface area contributed by atoms with Gasteiger partial charge in [0.15, 0.2) is 10.9 Å². The van der Waals surface area contributed by atoms with Crippen molar-refractivity contribution in [2.75, 3.05) is 11.1 Å². The molecule has 3 aromatic rings. The van der Waals surface area contributed by atoms with Crippen LogP contribution in [-0.4, -0.2) is 26.8 Å². The van der Waals surface area contributed by atoms with Gasteiger partial charge in [-0.25, -0.2) is 4.98 Å². The van der Waals surface area contributed by atoms with Gasteiger partial charge in [-0.1, -0.05) is 11.8 Å². The fourth-order valence-corrected chi connectivity index (χ4v) is 2.69. The SMILES string of the molecule is O=C(CSc1ccc(-c2ccco2)nn1)Nc1nccs1. The number of thioether (sulfide) groups is 1. The van der Waals surface area contributed by atoms with Crippen molar-refractivity contribution in [2.45, 2.75) is 5.03 Å². The van der Waals surface area contributed by atoms with Crippen LogP contribution < -0.4 is 5.32 Å². The van der Waals surface area contributed by atoms with Gasteiger partial charge in [0.2, 0.25) is 5.91 Å². The minimum atomic E-state index is -0.119. The number of carbonyl (C=O) groups is 1. The van der Waals surface area contributed by atoms with Gasteiger partial charge in [-0.05, 0) is 24.3 Å². The molecule has 3 aromatic heterocycles. The summed E-state index contributed by atoms with van der Waals surface area (Å²) in [6.07, 6.45) is 3.23. The van der Waals surface area contributed by atoms with Gasteiger partial charge in [0.25, 0.3) is 0 Å². The van der Waals surface area contributed by atoms with Crippen molar-refractivity contribution in [3.05, 3.63) is 42.1 Å². The van der Waals surface area contributed by atoms with Gasteiger partial charge in [0.1, 0.15) is 10.7 Å². The van der Waals surface area contributed by atoms with Gasteiger partial charge < -0.3 is 9.73 Å². The van der Waals surface area contributed by atoms with Crippen LogP contribution in [0, 0.1) is 0 Å². The molecule has 0 aromatic carbocycles. The maximum atomic E-state index is 11.7. The summed E-state index contributed by atoms with van der Waals surface area (Å²) in [4.78, 5) is 15.7. The molecule has 6 nitrogen and oxygen atoms in total. The molecule has 106 valence electrons. The van der Waals surface area contributed by atoms with Crippen LogP contribution in [0.4, 0.5) is 5.13 Å². The molecule has 3 rings (SSSR count). The van der Waals surface area contributed by atoms with Crippen LogP contribution in [0.2, 0.25) is 0 Å². The van der Waals surface area contributed by atoms with E-state index in [0.29, 0.717) is 21.6 Å². The van der Waals surface area contributed by atoms with E-state index in [0.717, 1.165) is 0 Å². The Bertz CT molecular complexity index is 696. The average molecular weight is 318 g/mol. The van der Waals surface area contributed by atoms with Crippen LogP contribution in [-0.2, 0) is 4.79 Å². The molecule has 0 saturated carbocycles. The van der Waals surface area contributed by atoms with Crippen molar-refractivity contribution in [3.63, 3.8) is 0 Å². The Morgan fingerprint density at radius 3 is 2.95 bits per heavy atom. The number of nitrogens with one attached hydrogen (secondary N) is 1. The van der Waals surface area contributed by atoms with E-state index in [1.807, 2.05) is 23.6 Å². The Hall–Kier alpha value is -2.19. The first kappa shape index (κ1) is 13.8. The highest BCUT2D eigenvalue weighted by atomic mass is 32.2. The minimum Gasteiger partial charge on any atom is -0.463 e. The molecular weight excluding hydrogens is 308 g/mol. The molecule has 0 aliphatic rings. The van der Waals surface area contributed by atoms with Crippen molar-refractivity contribution in [2.24, 2.45) is 0 Å². The number of aromatic nitrogens is 3. The van der Waals surface area contributed by atoms with E-state index in [9.17, 15) is 4.79 Å².